The molecule has 56 heavy (non-hydrogen) atoms. The van der Waals surface area contributed by atoms with E-state index in [9.17, 15) is 19.5 Å². The van der Waals surface area contributed by atoms with E-state index in [4.69, 9.17) is 14.5 Å². The molecule has 2 saturated heterocycles. The Morgan fingerprint density at radius 3 is 2.61 bits per heavy atom. The van der Waals surface area contributed by atoms with Gasteiger partial charge in [-0.3, -0.25) is 24.2 Å². The van der Waals surface area contributed by atoms with Crippen molar-refractivity contribution < 1.29 is 24.2 Å². The smallest absolute Gasteiger partial charge is 0.293 e. The van der Waals surface area contributed by atoms with Gasteiger partial charge in [-0.05, 0) is 61.6 Å². The zero-order valence-electron chi connectivity index (χ0n) is 32.6. The van der Waals surface area contributed by atoms with Crippen LogP contribution in [0, 0.1) is 0 Å². The van der Waals surface area contributed by atoms with Crippen LogP contribution in [0.3, 0.4) is 0 Å². The minimum Gasteiger partial charge on any atom is -0.490 e. The molecule has 0 aliphatic carbocycles. The monoisotopic (exact) mass is 782 g/mol. The molecule has 0 spiro atoms. The highest BCUT2D eigenvalue weighted by molar-refractivity contribution is 7.14. The minimum atomic E-state index is -0.434. The number of nitrogens with zero attached hydrogens (tertiary/aromatic N) is 6. The number of fused-ring (bicyclic) bond motifs is 1. The fourth-order valence-electron chi connectivity index (χ4n) is 7.61. The van der Waals surface area contributed by atoms with Crippen molar-refractivity contribution >= 4 is 51.8 Å². The van der Waals surface area contributed by atoms with E-state index in [1.165, 1.54) is 26.9 Å². The van der Waals surface area contributed by atoms with Gasteiger partial charge in [0.1, 0.15) is 23.1 Å². The Labute approximate surface area is 330 Å². The summed E-state index contributed by atoms with van der Waals surface area (Å²) < 4.78 is 13.0. The lowest BCUT2D eigenvalue weighted by Crippen LogP contribution is -2.56. The molecule has 2 fully saturated rings. The van der Waals surface area contributed by atoms with Crippen molar-refractivity contribution in [2.24, 2.45) is 7.05 Å². The lowest BCUT2D eigenvalue weighted by Gasteiger charge is -2.45. The molecule has 3 aliphatic heterocycles. The summed E-state index contributed by atoms with van der Waals surface area (Å²) in [4.78, 5) is 57.4. The highest BCUT2D eigenvalue weighted by Gasteiger charge is 2.33. The summed E-state index contributed by atoms with van der Waals surface area (Å²) in [6, 6.07) is 9.95. The van der Waals surface area contributed by atoms with Gasteiger partial charge in [0.15, 0.2) is 5.82 Å². The Bertz CT molecular complexity index is 2190. The minimum absolute atomic E-state index is 0.0385. The van der Waals surface area contributed by atoms with Gasteiger partial charge in [0, 0.05) is 86.1 Å². The van der Waals surface area contributed by atoms with Gasteiger partial charge in [-0.15, -0.1) is 11.3 Å². The van der Waals surface area contributed by atoms with Gasteiger partial charge in [0.25, 0.3) is 11.5 Å². The number of pyridine rings is 1. The number of aryl methyl sites for hydroxylation is 1. The first-order chi connectivity index (χ1) is 26.9. The van der Waals surface area contributed by atoms with E-state index in [2.05, 4.69) is 59.7 Å². The Morgan fingerprint density at radius 2 is 1.89 bits per heavy atom. The van der Waals surface area contributed by atoms with Crippen molar-refractivity contribution in [1.29, 1.82) is 0 Å². The van der Waals surface area contributed by atoms with E-state index < -0.39 is 6.61 Å². The number of anilines is 5. The standard InChI is InChI=1S/C41H50N8O6S/c1-7-35(51)44-30-20-26(8-9-32(30)48-15-14-47(22-25(48)2)27-11-17-54-18-12-27)43-37-40(53)46(6)23-31(45-37)28-10-13-42-38(29(28)24-50)49-16-19-55-33-21-34(41(3,4)5)56-36(33)39(49)52/h7-10,13,20-21,23,25,27,50H,1,11-12,14-19,22,24H2,2-6H3,(H,43,45)(H,44,51). The molecule has 14 nitrogen and oxygen atoms in total. The van der Waals surface area contributed by atoms with Crippen molar-refractivity contribution in [2.75, 3.05) is 66.4 Å². The van der Waals surface area contributed by atoms with Crippen LogP contribution in [0.4, 0.5) is 28.7 Å². The number of amides is 2. The zero-order valence-corrected chi connectivity index (χ0v) is 33.4. The predicted molar refractivity (Wildman–Crippen MR) is 220 cm³/mol. The maximum atomic E-state index is 14.0. The molecular formula is C41H50N8O6S. The lowest BCUT2D eigenvalue weighted by molar-refractivity contribution is -0.111. The van der Waals surface area contributed by atoms with Crippen LogP contribution < -0.4 is 30.7 Å². The zero-order chi connectivity index (χ0) is 39.7. The number of aliphatic hydroxyl groups is 1. The summed E-state index contributed by atoms with van der Waals surface area (Å²) in [6.07, 6.45) is 6.46. The molecule has 2 amide bonds. The second-order valence-corrected chi connectivity index (χ2v) is 16.6. The number of hydrogen-bond acceptors (Lipinski definition) is 12. The highest BCUT2D eigenvalue weighted by Crippen LogP contribution is 2.40. The Kier molecular flexibility index (Phi) is 11.3. The number of thiophene rings is 1. The molecule has 0 radical (unpaired) electrons. The van der Waals surface area contributed by atoms with Gasteiger partial charge in [-0.2, -0.15) is 0 Å². The molecule has 1 aromatic carbocycles. The molecule has 6 heterocycles. The number of aliphatic hydroxyl groups excluding tert-OH is 1. The van der Waals surface area contributed by atoms with E-state index in [1.807, 2.05) is 18.2 Å². The number of rotatable bonds is 9. The number of aromatic nitrogens is 3. The molecule has 1 atom stereocenters. The quantitative estimate of drug-likeness (QED) is 0.190. The van der Waals surface area contributed by atoms with E-state index >= 15 is 0 Å². The first-order valence-electron chi connectivity index (χ1n) is 19.0. The van der Waals surface area contributed by atoms with Crippen LogP contribution in [-0.4, -0.2) is 94.4 Å². The predicted octanol–water partition coefficient (Wildman–Crippen LogP) is 5.29. The first kappa shape index (κ1) is 39.2. The van der Waals surface area contributed by atoms with Gasteiger partial charge >= 0.3 is 0 Å². The van der Waals surface area contributed by atoms with Crippen molar-refractivity contribution in [1.82, 2.24) is 19.4 Å². The molecule has 0 saturated carbocycles. The summed E-state index contributed by atoms with van der Waals surface area (Å²) in [5.41, 5.74) is 2.73. The van der Waals surface area contributed by atoms with Crippen LogP contribution in [0.1, 0.15) is 60.6 Å². The van der Waals surface area contributed by atoms with Crippen LogP contribution in [-0.2, 0) is 28.6 Å². The molecule has 1 unspecified atom stereocenters. The van der Waals surface area contributed by atoms with E-state index in [0.717, 1.165) is 56.3 Å². The molecular weight excluding hydrogens is 733 g/mol. The van der Waals surface area contributed by atoms with Crippen molar-refractivity contribution in [3.63, 3.8) is 0 Å². The van der Waals surface area contributed by atoms with E-state index in [-0.39, 0.29) is 47.8 Å². The first-order valence-corrected chi connectivity index (χ1v) is 19.9. The van der Waals surface area contributed by atoms with Crippen molar-refractivity contribution in [3.8, 4) is 17.0 Å². The molecule has 3 aliphatic rings. The molecule has 3 aromatic heterocycles. The largest absolute Gasteiger partial charge is 0.490 e. The molecule has 3 N–H and O–H groups in total. The second-order valence-electron chi connectivity index (χ2n) is 15.5. The van der Waals surface area contributed by atoms with Gasteiger partial charge in [-0.25, -0.2) is 9.97 Å². The van der Waals surface area contributed by atoms with Crippen molar-refractivity contribution in [3.05, 3.63) is 81.1 Å². The number of nitrogens with one attached hydrogen (secondary N) is 2. The second kappa shape index (κ2) is 16.2. The van der Waals surface area contributed by atoms with Gasteiger partial charge in [-0.1, -0.05) is 27.4 Å². The molecule has 15 heteroatoms. The lowest BCUT2D eigenvalue weighted by atomic mass is 9.95. The number of ether oxygens (including phenoxy) is 2. The fraction of sp³-hybridized carbons (Fsp3) is 0.439. The molecule has 7 rings (SSSR count). The summed E-state index contributed by atoms with van der Waals surface area (Å²) >= 11 is 1.40. The summed E-state index contributed by atoms with van der Waals surface area (Å²) in [5.74, 6) is 0.274. The number of hydrogen-bond donors (Lipinski definition) is 3. The Balaban J connectivity index is 1.18. The molecule has 0 bridgehead atoms. The molecule has 296 valence electrons. The van der Waals surface area contributed by atoms with Crippen LogP contribution in [0.5, 0.6) is 5.75 Å². The van der Waals surface area contributed by atoms with E-state index in [0.29, 0.717) is 50.7 Å². The van der Waals surface area contributed by atoms with Crippen LogP contribution in [0.2, 0.25) is 0 Å². The van der Waals surface area contributed by atoms with Gasteiger partial charge in [0.2, 0.25) is 5.91 Å². The Morgan fingerprint density at radius 1 is 1.11 bits per heavy atom. The van der Waals surface area contributed by atoms with Crippen LogP contribution in [0.25, 0.3) is 11.3 Å². The van der Waals surface area contributed by atoms with Crippen molar-refractivity contribution in [2.45, 2.75) is 64.6 Å². The number of carbonyl (C=O) groups excluding carboxylic acids is 2. The molecule has 4 aromatic rings. The normalized spacial score (nSPS) is 18.2. The van der Waals surface area contributed by atoms with E-state index in [1.54, 1.807) is 31.6 Å². The average molecular weight is 783 g/mol. The number of piperazine rings is 1. The summed E-state index contributed by atoms with van der Waals surface area (Å²) in [5, 5.41) is 16.9. The Hall–Kier alpha value is -5.09. The van der Waals surface area contributed by atoms with Gasteiger partial charge in [0.05, 0.1) is 30.2 Å². The number of benzene rings is 1. The SMILES string of the molecule is C=CC(=O)Nc1cc(Nc2nc(-c3ccnc(N4CCOc5cc(C(C)(C)C)sc5C4=O)c3CO)cn(C)c2=O)ccc1N1CCN(C2CCOCC2)CC1C. The van der Waals surface area contributed by atoms with Gasteiger partial charge < -0.3 is 34.7 Å². The highest BCUT2D eigenvalue weighted by atomic mass is 32.1. The third-order valence-electron chi connectivity index (χ3n) is 10.6. The topological polar surface area (TPSA) is 154 Å². The third kappa shape index (κ3) is 7.94. The summed E-state index contributed by atoms with van der Waals surface area (Å²) in [6.45, 7) is 16.3. The average Bonchev–Trinajstić information content (AvgIpc) is 3.57. The fourth-order valence-corrected chi connectivity index (χ4v) is 8.72. The summed E-state index contributed by atoms with van der Waals surface area (Å²) in [7, 11) is 1.63. The number of carbonyl (C=O) groups is 2. The maximum Gasteiger partial charge on any atom is 0.293 e. The van der Waals surface area contributed by atoms with Crippen LogP contribution in [0.15, 0.2) is 60.2 Å². The van der Waals surface area contributed by atoms with Crippen LogP contribution >= 0.6 is 11.3 Å². The maximum absolute atomic E-state index is 14.0. The third-order valence-corrected chi connectivity index (χ3v) is 12.2.